The molecule has 2 heteroatoms. The summed E-state index contributed by atoms with van der Waals surface area (Å²) in [5, 5.41) is 0. The van der Waals surface area contributed by atoms with Gasteiger partial charge in [-0.25, -0.2) is 4.39 Å². The van der Waals surface area contributed by atoms with Gasteiger partial charge in [-0.2, -0.15) is 0 Å². The van der Waals surface area contributed by atoms with Gasteiger partial charge in [-0.05, 0) is 85.3 Å². The summed E-state index contributed by atoms with van der Waals surface area (Å²) in [5.74, 6) is 47.1. The molecule has 0 radical (unpaired) electrons. The van der Waals surface area contributed by atoms with Gasteiger partial charge in [-0.15, -0.1) is 0 Å². The summed E-state index contributed by atoms with van der Waals surface area (Å²) in [6, 6.07) is 3.27. The molecule has 0 saturated heterocycles. The van der Waals surface area contributed by atoms with Gasteiger partial charge in [0.15, 0.2) is 11.6 Å². The molecule has 0 unspecified atom stereocenters. The van der Waals surface area contributed by atoms with Crippen molar-refractivity contribution < 1.29 is 9.13 Å². The van der Waals surface area contributed by atoms with Gasteiger partial charge in [-0.1, -0.05) is 12.0 Å². The van der Waals surface area contributed by atoms with Crippen molar-refractivity contribution in [3.63, 3.8) is 0 Å². The first kappa shape index (κ1) is 23.6. The van der Waals surface area contributed by atoms with Crippen LogP contribution in [0.2, 0.25) is 0 Å². The van der Waals surface area contributed by atoms with E-state index in [9.17, 15) is 4.39 Å². The Morgan fingerprint density at radius 1 is 0.581 bits per heavy atom. The van der Waals surface area contributed by atoms with E-state index >= 15 is 0 Å². The molecule has 0 atom stereocenters. The van der Waals surface area contributed by atoms with Crippen LogP contribution in [-0.4, -0.2) is 0 Å². The summed E-state index contributed by atoms with van der Waals surface area (Å²) in [6.07, 6.45) is 2.31. The molecule has 140 valence electrons. The Bertz CT molecular complexity index is 1490. The standard InChI is InChI=1S/C29H11FO/c1-4-5-6-7-8-9-10-11-12-13-14-15-16-17-18-19-20-21-22-25-31-28-24-23-26(2)27(3)29(28)30/h23-24H,1-3H3. The first-order valence-electron chi connectivity index (χ1n) is 8.51. The Morgan fingerprint density at radius 3 is 1.39 bits per heavy atom. The normalized spacial score (nSPS) is 6.06. The molecule has 1 aromatic carbocycles. The molecule has 0 heterocycles. The van der Waals surface area contributed by atoms with Crippen LogP contribution in [0.5, 0.6) is 5.75 Å². The van der Waals surface area contributed by atoms with Gasteiger partial charge in [0.25, 0.3) is 0 Å². The molecule has 0 spiro atoms. The summed E-state index contributed by atoms with van der Waals surface area (Å²) >= 11 is 0. The number of rotatable bonds is 1. The fourth-order valence-electron chi connectivity index (χ4n) is 1.50. The third kappa shape index (κ3) is 11.1. The predicted molar refractivity (Wildman–Crippen MR) is 120 cm³/mol. The monoisotopic (exact) mass is 394 g/mol. The van der Waals surface area contributed by atoms with E-state index in [0.717, 1.165) is 5.56 Å². The Balaban J connectivity index is 2.49. The maximum Gasteiger partial charge on any atom is 0.176 e. The lowest BCUT2D eigenvalue weighted by Crippen LogP contribution is -1.93. The molecule has 0 aromatic heterocycles. The number of ether oxygens (including phenoxy) is 1. The number of benzene rings is 1. The first-order chi connectivity index (χ1) is 15.2. The van der Waals surface area contributed by atoms with Crippen molar-refractivity contribution in [2.24, 2.45) is 0 Å². The van der Waals surface area contributed by atoms with Crippen molar-refractivity contribution in [1.82, 2.24) is 0 Å². The Morgan fingerprint density at radius 2 is 0.968 bits per heavy atom. The lowest BCUT2D eigenvalue weighted by molar-refractivity contribution is 0.466. The number of hydrogen-bond acceptors (Lipinski definition) is 1. The van der Waals surface area contributed by atoms with Crippen LogP contribution in [0.1, 0.15) is 18.1 Å². The lowest BCUT2D eigenvalue weighted by Gasteiger charge is -2.04. The average molecular weight is 394 g/mol. The van der Waals surface area contributed by atoms with Crippen LogP contribution >= 0.6 is 0 Å². The summed E-state index contributed by atoms with van der Waals surface area (Å²) in [5.41, 5.74) is 1.36. The zero-order valence-corrected chi connectivity index (χ0v) is 16.9. The largest absolute Gasteiger partial charge is 0.404 e. The Hall–Kier alpha value is -5.45. The molecule has 0 saturated carbocycles. The molecule has 0 N–H and O–H groups in total. The van der Waals surface area contributed by atoms with Crippen LogP contribution in [-0.2, 0) is 0 Å². The van der Waals surface area contributed by atoms with E-state index in [0.29, 0.717) is 5.56 Å². The second-order valence-electron chi connectivity index (χ2n) is 5.02. The second kappa shape index (κ2) is 15.6. The van der Waals surface area contributed by atoms with Gasteiger partial charge in [0.1, 0.15) is 6.11 Å². The molecule has 0 aliphatic heterocycles. The highest BCUT2D eigenvalue weighted by Crippen LogP contribution is 2.22. The Kier molecular flexibility index (Phi) is 11.9. The molecule has 0 aliphatic carbocycles. The molecular formula is C29H11FO. The average Bonchev–Trinajstić information content (AvgIpc) is 2.77. The van der Waals surface area contributed by atoms with Gasteiger partial charge in [-0.3, -0.25) is 0 Å². The first-order valence-corrected chi connectivity index (χ1v) is 8.51. The summed E-state index contributed by atoms with van der Waals surface area (Å²) < 4.78 is 18.9. The smallest absolute Gasteiger partial charge is 0.176 e. The van der Waals surface area contributed by atoms with Gasteiger partial charge >= 0.3 is 0 Å². The number of halogens is 1. The quantitative estimate of drug-likeness (QED) is 0.666. The second-order valence-corrected chi connectivity index (χ2v) is 5.02. The highest BCUT2D eigenvalue weighted by molar-refractivity contribution is 5.47. The van der Waals surface area contributed by atoms with Crippen LogP contribution in [0.25, 0.3) is 0 Å². The maximum absolute atomic E-state index is 13.9. The highest BCUT2D eigenvalue weighted by Gasteiger charge is 2.07. The summed E-state index contributed by atoms with van der Waals surface area (Å²) in [4.78, 5) is 0. The van der Waals surface area contributed by atoms with Gasteiger partial charge in [0.2, 0.25) is 0 Å². The van der Waals surface area contributed by atoms with Gasteiger partial charge < -0.3 is 4.74 Å². The summed E-state index contributed by atoms with van der Waals surface area (Å²) in [7, 11) is 0. The van der Waals surface area contributed by atoms with Crippen LogP contribution in [0.15, 0.2) is 12.1 Å². The highest BCUT2D eigenvalue weighted by atomic mass is 19.1. The molecule has 0 aliphatic rings. The van der Waals surface area contributed by atoms with Crippen LogP contribution in [0, 0.1) is 138 Å². The lowest BCUT2D eigenvalue weighted by atomic mass is 10.1. The molecule has 1 rings (SSSR count). The van der Waals surface area contributed by atoms with Crippen molar-refractivity contribution in [2.75, 3.05) is 0 Å². The third-order valence-electron chi connectivity index (χ3n) is 3.02. The fraction of sp³-hybridized carbons (Fsp3) is 0.103. The van der Waals surface area contributed by atoms with E-state index in [-0.39, 0.29) is 5.75 Å². The van der Waals surface area contributed by atoms with E-state index in [2.05, 4.69) is 119 Å². The molecular weight excluding hydrogens is 383 g/mol. The van der Waals surface area contributed by atoms with Crippen LogP contribution in [0.4, 0.5) is 4.39 Å². The van der Waals surface area contributed by atoms with Crippen molar-refractivity contribution in [3.05, 3.63) is 29.1 Å². The summed E-state index contributed by atoms with van der Waals surface area (Å²) in [6.45, 7) is 5.18. The van der Waals surface area contributed by atoms with Crippen LogP contribution < -0.4 is 4.74 Å². The third-order valence-corrected chi connectivity index (χ3v) is 3.02. The van der Waals surface area contributed by atoms with Crippen LogP contribution in [0.3, 0.4) is 0 Å². The van der Waals surface area contributed by atoms with Gasteiger partial charge in [0.05, 0.1) is 0 Å². The van der Waals surface area contributed by atoms with Gasteiger partial charge in [0, 0.05) is 59.2 Å². The van der Waals surface area contributed by atoms with E-state index in [4.69, 9.17) is 4.74 Å². The maximum atomic E-state index is 13.9. The van der Waals surface area contributed by atoms with Crippen molar-refractivity contribution >= 4 is 0 Å². The number of aryl methyl sites for hydroxylation is 1. The minimum Gasteiger partial charge on any atom is -0.404 e. The molecule has 0 fully saturated rings. The molecule has 31 heavy (non-hydrogen) atoms. The molecule has 1 nitrogen and oxygen atoms in total. The van der Waals surface area contributed by atoms with Crippen molar-refractivity contribution in [2.45, 2.75) is 20.8 Å². The fourth-order valence-corrected chi connectivity index (χ4v) is 1.50. The molecule has 0 bridgehead atoms. The van der Waals surface area contributed by atoms with E-state index in [1.807, 2.05) is 6.92 Å². The van der Waals surface area contributed by atoms with Crippen molar-refractivity contribution in [1.29, 1.82) is 0 Å². The zero-order chi connectivity index (χ0) is 22.6. The zero-order valence-electron chi connectivity index (χ0n) is 16.9. The molecule has 1 aromatic rings. The predicted octanol–water partition coefficient (Wildman–Crippen LogP) is 2.83. The SMILES string of the molecule is CC#CC#CC#CC#CC#CC#CC#CC#CC#CC#COc1ccc(C)c(C)c1F. The van der Waals surface area contributed by atoms with E-state index in [1.165, 1.54) is 6.07 Å². The van der Waals surface area contributed by atoms with E-state index in [1.54, 1.807) is 19.9 Å². The van der Waals surface area contributed by atoms with E-state index < -0.39 is 5.82 Å². The molecule has 0 amide bonds. The minimum absolute atomic E-state index is 0.0574. The minimum atomic E-state index is -0.438. The Labute approximate surface area is 183 Å². The topological polar surface area (TPSA) is 9.23 Å². The number of hydrogen-bond donors (Lipinski definition) is 0. The van der Waals surface area contributed by atoms with Crippen molar-refractivity contribution in [3.8, 4) is 124 Å².